The Labute approximate surface area is 209 Å². The van der Waals surface area contributed by atoms with Crippen molar-refractivity contribution in [1.82, 2.24) is 4.72 Å². The molecule has 0 aromatic heterocycles. The molecule has 0 saturated heterocycles. The third-order valence-electron chi connectivity index (χ3n) is 6.11. The van der Waals surface area contributed by atoms with Gasteiger partial charge in [0.2, 0.25) is 10.0 Å². The Hall–Kier alpha value is -3.75. The quantitative estimate of drug-likeness (QED) is 0.333. The molecule has 36 heavy (non-hydrogen) atoms. The van der Waals surface area contributed by atoms with E-state index in [4.69, 9.17) is 9.47 Å². The molecular formula is C28H26FNO5S. The zero-order valence-electron chi connectivity index (χ0n) is 20.2. The molecule has 0 aliphatic carbocycles. The van der Waals surface area contributed by atoms with E-state index in [9.17, 15) is 17.6 Å². The lowest BCUT2D eigenvalue weighted by molar-refractivity contribution is -0.139. The van der Waals surface area contributed by atoms with E-state index in [0.29, 0.717) is 16.7 Å². The maximum Gasteiger partial charge on any atom is 0.309 e. The van der Waals surface area contributed by atoms with Crippen LogP contribution in [0.4, 0.5) is 4.39 Å². The van der Waals surface area contributed by atoms with Gasteiger partial charge in [0.15, 0.2) is 0 Å². The SMILES string of the molecule is COC(=O)Cc1cc2ccc(F)cc2c(-c2ccc(S(=O)(=O)NCc3ccc(OC)cc3)cc2)c1C. The average molecular weight is 508 g/mol. The van der Waals surface area contributed by atoms with Gasteiger partial charge in [-0.1, -0.05) is 36.4 Å². The highest BCUT2D eigenvalue weighted by molar-refractivity contribution is 7.89. The second-order valence-corrected chi connectivity index (χ2v) is 10.1. The molecule has 4 aromatic rings. The first-order chi connectivity index (χ1) is 17.2. The molecule has 0 saturated carbocycles. The van der Waals surface area contributed by atoms with Gasteiger partial charge in [-0.15, -0.1) is 0 Å². The molecule has 0 bridgehead atoms. The Morgan fingerprint density at radius 1 is 0.944 bits per heavy atom. The number of sulfonamides is 1. The fourth-order valence-corrected chi connectivity index (χ4v) is 5.14. The number of benzene rings is 4. The average Bonchev–Trinajstić information content (AvgIpc) is 2.88. The van der Waals surface area contributed by atoms with Gasteiger partial charge in [-0.3, -0.25) is 4.79 Å². The predicted molar refractivity (Wildman–Crippen MR) is 137 cm³/mol. The summed E-state index contributed by atoms with van der Waals surface area (Å²) in [6.07, 6.45) is 0.0738. The van der Waals surface area contributed by atoms with Crippen molar-refractivity contribution >= 4 is 26.8 Å². The number of carbonyl (C=O) groups is 1. The molecule has 1 N–H and O–H groups in total. The molecule has 0 spiro atoms. The minimum absolute atomic E-state index is 0.0738. The number of hydrogen-bond acceptors (Lipinski definition) is 5. The maximum absolute atomic E-state index is 14.1. The first kappa shape index (κ1) is 25.3. The van der Waals surface area contributed by atoms with Crippen LogP contribution in [-0.4, -0.2) is 28.6 Å². The third kappa shape index (κ3) is 5.40. The number of carbonyl (C=O) groups excluding carboxylic acids is 1. The molecule has 0 heterocycles. The molecule has 186 valence electrons. The van der Waals surface area contributed by atoms with Gasteiger partial charge in [-0.2, -0.15) is 0 Å². The van der Waals surface area contributed by atoms with E-state index in [1.165, 1.54) is 31.4 Å². The van der Waals surface area contributed by atoms with Gasteiger partial charge >= 0.3 is 5.97 Å². The summed E-state index contributed by atoms with van der Waals surface area (Å²) in [6, 6.07) is 19.9. The van der Waals surface area contributed by atoms with Crippen LogP contribution in [0.1, 0.15) is 16.7 Å². The van der Waals surface area contributed by atoms with Crippen LogP contribution < -0.4 is 9.46 Å². The van der Waals surface area contributed by atoms with Crippen LogP contribution in [0.25, 0.3) is 21.9 Å². The number of hydrogen-bond donors (Lipinski definition) is 1. The fraction of sp³-hybridized carbons (Fsp3) is 0.179. The van der Waals surface area contributed by atoms with E-state index in [0.717, 1.165) is 27.6 Å². The highest BCUT2D eigenvalue weighted by Gasteiger charge is 2.18. The topological polar surface area (TPSA) is 81.7 Å². The number of nitrogens with one attached hydrogen (secondary N) is 1. The van der Waals surface area contributed by atoms with Gasteiger partial charge in [-0.25, -0.2) is 17.5 Å². The molecule has 4 rings (SSSR count). The van der Waals surface area contributed by atoms with Crippen molar-refractivity contribution in [3.8, 4) is 16.9 Å². The van der Waals surface area contributed by atoms with Crippen LogP contribution in [0.5, 0.6) is 5.75 Å². The molecule has 0 aliphatic rings. The van der Waals surface area contributed by atoms with E-state index in [-0.39, 0.29) is 29.6 Å². The largest absolute Gasteiger partial charge is 0.497 e. The molecule has 0 amide bonds. The van der Waals surface area contributed by atoms with Gasteiger partial charge in [0.25, 0.3) is 0 Å². The highest BCUT2D eigenvalue weighted by Crippen LogP contribution is 2.35. The van der Waals surface area contributed by atoms with Gasteiger partial charge < -0.3 is 9.47 Å². The number of esters is 1. The van der Waals surface area contributed by atoms with Crippen molar-refractivity contribution < 1.29 is 27.1 Å². The van der Waals surface area contributed by atoms with Gasteiger partial charge in [0, 0.05) is 6.54 Å². The first-order valence-electron chi connectivity index (χ1n) is 11.2. The summed E-state index contributed by atoms with van der Waals surface area (Å²) in [5.41, 5.74) is 3.80. The van der Waals surface area contributed by atoms with Crippen molar-refractivity contribution in [2.24, 2.45) is 0 Å². The Bertz CT molecular complexity index is 1510. The monoisotopic (exact) mass is 507 g/mol. The van der Waals surface area contributed by atoms with Crippen LogP contribution in [0.3, 0.4) is 0 Å². The lowest BCUT2D eigenvalue weighted by atomic mass is 9.89. The molecule has 0 unspecified atom stereocenters. The zero-order chi connectivity index (χ0) is 25.9. The van der Waals surface area contributed by atoms with Crippen molar-refractivity contribution in [3.05, 3.63) is 95.3 Å². The number of fused-ring (bicyclic) bond motifs is 1. The Morgan fingerprint density at radius 3 is 2.28 bits per heavy atom. The number of rotatable bonds is 8. The standard InChI is InChI=1S/C28H26FNO5S/c1-18-22(15-27(31)35-3)14-21-6-9-23(29)16-26(21)28(18)20-7-12-25(13-8-20)36(32,33)30-17-19-4-10-24(34-2)11-5-19/h4-14,16,30H,15,17H2,1-3H3. The normalized spacial score (nSPS) is 11.4. The molecule has 0 radical (unpaired) electrons. The Balaban J connectivity index is 1.67. The predicted octanol–water partition coefficient (Wildman–Crippen LogP) is 5.16. The summed E-state index contributed by atoms with van der Waals surface area (Å²) >= 11 is 0. The van der Waals surface area contributed by atoms with Crippen LogP contribution >= 0.6 is 0 Å². The lowest BCUT2D eigenvalue weighted by Gasteiger charge is -2.16. The van der Waals surface area contributed by atoms with Crippen molar-refractivity contribution in [2.75, 3.05) is 14.2 Å². The molecule has 0 fully saturated rings. The second kappa shape index (κ2) is 10.5. The van der Waals surface area contributed by atoms with E-state index in [2.05, 4.69) is 4.72 Å². The number of halogens is 1. The molecule has 0 atom stereocenters. The van der Waals surface area contributed by atoms with Crippen LogP contribution in [0.2, 0.25) is 0 Å². The minimum Gasteiger partial charge on any atom is -0.497 e. The van der Waals surface area contributed by atoms with Crippen LogP contribution in [0.15, 0.2) is 77.7 Å². The fourth-order valence-electron chi connectivity index (χ4n) is 4.12. The third-order valence-corrected chi connectivity index (χ3v) is 7.53. The number of ether oxygens (including phenoxy) is 2. The van der Waals surface area contributed by atoms with Crippen LogP contribution in [0, 0.1) is 12.7 Å². The summed E-state index contributed by atoms with van der Waals surface area (Å²) in [7, 11) is -0.865. The molecule has 0 aliphatic heterocycles. The van der Waals surface area contributed by atoms with Crippen LogP contribution in [-0.2, 0) is 32.5 Å². The summed E-state index contributed by atoms with van der Waals surface area (Å²) in [5.74, 6) is -0.0729. The van der Waals surface area contributed by atoms with Gasteiger partial charge in [0.05, 0.1) is 25.5 Å². The maximum atomic E-state index is 14.1. The Morgan fingerprint density at radius 2 is 1.64 bits per heavy atom. The van der Waals surface area contributed by atoms with E-state index in [1.54, 1.807) is 49.6 Å². The number of methoxy groups -OCH3 is 2. The molecule has 6 nitrogen and oxygen atoms in total. The second-order valence-electron chi connectivity index (χ2n) is 8.35. The Kier molecular flexibility index (Phi) is 7.37. The lowest BCUT2D eigenvalue weighted by Crippen LogP contribution is -2.23. The van der Waals surface area contributed by atoms with Crippen molar-refractivity contribution in [1.29, 1.82) is 0 Å². The summed E-state index contributed by atoms with van der Waals surface area (Å²) in [6.45, 7) is 1.99. The molecule has 8 heteroatoms. The summed E-state index contributed by atoms with van der Waals surface area (Å²) in [4.78, 5) is 12.1. The summed E-state index contributed by atoms with van der Waals surface area (Å²) in [5, 5.41) is 1.45. The van der Waals surface area contributed by atoms with Gasteiger partial charge in [0.1, 0.15) is 11.6 Å². The first-order valence-corrected chi connectivity index (χ1v) is 12.7. The van der Waals surface area contributed by atoms with Gasteiger partial charge in [-0.05, 0) is 81.9 Å². The summed E-state index contributed by atoms with van der Waals surface area (Å²) < 4.78 is 52.4. The molecular weight excluding hydrogens is 481 g/mol. The van der Waals surface area contributed by atoms with Crippen molar-refractivity contribution in [3.63, 3.8) is 0 Å². The van der Waals surface area contributed by atoms with E-state index < -0.39 is 10.0 Å². The minimum atomic E-state index is -3.76. The zero-order valence-corrected chi connectivity index (χ0v) is 21.0. The smallest absolute Gasteiger partial charge is 0.309 e. The van der Waals surface area contributed by atoms with E-state index >= 15 is 0 Å². The van der Waals surface area contributed by atoms with E-state index in [1.807, 2.05) is 13.0 Å². The molecule has 4 aromatic carbocycles. The van der Waals surface area contributed by atoms with Crippen molar-refractivity contribution in [2.45, 2.75) is 24.8 Å². The highest BCUT2D eigenvalue weighted by atomic mass is 32.2.